The van der Waals surface area contributed by atoms with Crippen LogP contribution >= 0.6 is 0 Å². The molecule has 0 saturated heterocycles. The summed E-state index contributed by atoms with van der Waals surface area (Å²) in [6, 6.07) is 0.256. The highest BCUT2D eigenvalue weighted by atomic mass is 15.1. The van der Waals surface area contributed by atoms with Gasteiger partial charge in [0.25, 0.3) is 0 Å². The molecule has 3 nitrogen and oxygen atoms in total. The highest BCUT2D eigenvalue weighted by Gasteiger charge is 2.24. The fraction of sp³-hybridized carbons (Fsp3) is 0.300. The van der Waals surface area contributed by atoms with E-state index in [1.165, 1.54) is 11.3 Å². The molecule has 0 aromatic carbocycles. The van der Waals surface area contributed by atoms with Gasteiger partial charge in [0.15, 0.2) is 0 Å². The lowest BCUT2D eigenvalue weighted by molar-refractivity contribution is 0.662. The number of fused-ring (bicyclic) bond motifs is 2. The van der Waals surface area contributed by atoms with Gasteiger partial charge in [-0.15, -0.1) is 0 Å². The Labute approximate surface area is 76.9 Å². The first kappa shape index (κ1) is 6.95. The fourth-order valence-corrected chi connectivity index (χ4v) is 1.92. The van der Waals surface area contributed by atoms with Crippen molar-refractivity contribution in [3.63, 3.8) is 0 Å². The van der Waals surface area contributed by atoms with Crippen molar-refractivity contribution in [2.24, 2.45) is 4.99 Å². The minimum absolute atomic E-state index is 0.256. The quantitative estimate of drug-likeness (QED) is 0.554. The molecule has 2 heterocycles. The molecule has 0 saturated carbocycles. The first-order valence-corrected chi connectivity index (χ1v) is 4.59. The van der Waals surface area contributed by atoms with Crippen LogP contribution in [0.3, 0.4) is 0 Å². The summed E-state index contributed by atoms with van der Waals surface area (Å²) in [6.07, 6.45) is 8.26. The van der Waals surface area contributed by atoms with Crippen molar-refractivity contribution < 1.29 is 0 Å². The maximum Gasteiger partial charge on any atom is 0.0954 e. The topological polar surface area (TPSA) is 36.4 Å². The SMILES string of the molecule is C1=CC2N=CC3=C(NCCN3)C2=C1. The van der Waals surface area contributed by atoms with Gasteiger partial charge in [-0.2, -0.15) is 0 Å². The average Bonchev–Trinajstić information content (AvgIpc) is 2.65. The molecule has 1 unspecified atom stereocenters. The van der Waals surface area contributed by atoms with Crippen LogP contribution in [0.4, 0.5) is 0 Å². The van der Waals surface area contributed by atoms with E-state index in [0.29, 0.717) is 0 Å². The lowest BCUT2D eigenvalue weighted by Crippen LogP contribution is -2.39. The number of nitrogens with one attached hydrogen (secondary N) is 2. The van der Waals surface area contributed by atoms with Crippen molar-refractivity contribution in [2.45, 2.75) is 6.04 Å². The molecule has 0 spiro atoms. The highest BCUT2D eigenvalue weighted by molar-refractivity contribution is 5.83. The van der Waals surface area contributed by atoms with Crippen molar-refractivity contribution in [2.75, 3.05) is 13.1 Å². The van der Waals surface area contributed by atoms with Crippen LogP contribution in [0.2, 0.25) is 0 Å². The lowest BCUT2D eigenvalue weighted by Gasteiger charge is -2.27. The van der Waals surface area contributed by atoms with E-state index in [9.17, 15) is 0 Å². The highest BCUT2D eigenvalue weighted by Crippen LogP contribution is 2.26. The molecule has 2 aliphatic heterocycles. The lowest BCUT2D eigenvalue weighted by atomic mass is 10.0. The van der Waals surface area contributed by atoms with Gasteiger partial charge in [0, 0.05) is 24.9 Å². The van der Waals surface area contributed by atoms with Crippen LogP contribution in [0.5, 0.6) is 0 Å². The minimum atomic E-state index is 0.256. The van der Waals surface area contributed by atoms with Gasteiger partial charge >= 0.3 is 0 Å². The second kappa shape index (κ2) is 2.49. The number of dihydropyridines is 1. The van der Waals surface area contributed by atoms with Crippen LogP contribution in [0.1, 0.15) is 0 Å². The Morgan fingerprint density at radius 3 is 3.23 bits per heavy atom. The summed E-state index contributed by atoms with van der Waals surface area (Å²) >= 11 is 0. The van der Waals surface area contributed by atoms with E-state index in [4.69, 9.17) is 0 Å². The van der Waals surface area contributed by atoms with E-state index < -0.39 is 0 Å². The molecule has 3 aliphatic rings. The average molecular weight is 173 g/mol. The molecule has 0 aromatic heterocycles. The molecule has 1 aliphatic carbocycles. The van der Waals surface area contributed by atoms with Gasteiger partial charge in [-0.25, -0.2) is 0 Å². The monoisotopic (exact) mass is 173 g/mol. The Morgan fingerprint density at radius 1 is 1.31 bits per heavy atom. The summed E-state index contributed by atoms with van der Waals surface area (Å²) < 4.78 is 0. The van der Waals surface area contributed by atoms with Crippen LogP contribution in [-0.4, -0.2) is 25.3 Å². The molecule has 0 radical (unpaired) electrons. The molecule has 3 rings (SSSR count). The summed E-state index contributed by atoms with van der Waals surface area (Å²) in [5.41, 5.74) is 3.67. The molecule has 66 valence electrons. The molecular weight excluding hydrogens is 162 g/mol. The minimum Gasteiger partial charge on any atom is -0.381 e. The maximum absolute atomic E-state index is 4.44. The Bertz CT molecular complexity index is 360. The predicted molar refractivity (Wildman–Crippen MR) is 52.5 cm³/mol. The molecule has 1 atom stereocenters. The third-order valence-electron chi connectivity index (χ3n) is 2.55. The van der Waals surface area contributed by atoms with E-state index >= 15 is 0 Å². The Hall–Kier alpha value is -1.51. The van der Waals surface area contributed by atoms with Crippen molar-refractivity contribution in [1.82, 2.24) is 10.6 Å². The van der Waals surface area contributed by atoms with Crippen LogP contribution in [-0.2, 0) is 0 Å². The van der Waals surface area contributed by atoms with Crippen molar-refractivity contribution in [3.05, 3.63) is 35.2 Å². The molecule has 0 amide bonds. The summed E-state index contributed by atoms with van der Waals surface area (Å²) in [7, 11) is 0. The second-order valence-corrected chi connectivity index (χ2v) is 3.37. The van der Waals surface area contributed by atoms with E-state index in [-0.39, 0.29) is 6.04 Å². The molecule has 13 heavy (non-hydrogen) atoms. The normalized spacial score (nSPS) is 28.9. The summed E-state index contributed by atoms with van der Waals surface area (Å²) in [6.45, 7) is 1.98. The zero-order chi connectivity index (χ0) is 8.67. The molecule has 0 bridgehead atoms. The maximum atomic E-state index is 4.44. The molecular formula is C10H11N3. The summed E-state index contributed by atoms with van der Waals surface area (Å²) in [5.74, 6) is 0. The van der Waals surface area contributed by atoms with Gasteiger partial charge in [0.1, 0.15) is 0 Å². The van der Waals surface area contributed by atoms with Crippen molar-refractivity contribution in [1.29, 1.82) is 0 Å². The van der Waals surface area contributed by atoms with Gasteiger partial charge in [-0.1, -0.05) is 18.2 Å². The number of nitrogens with zero attached hydrogens (tertiary/aromatic N) is 1. The molecule has 2 N–H and O–H groups in total. The number of rotatable bonds is 0. The van der Waals surface area contributed by atoms with Crippen molar-refractivity contribution >= 4 is 6.21 Å². The van der Waals surface area contributed by atoms with Crippen molar-refractivity contribution in [3.8, 4) is 0 Å². The van der Waals surface area contributed by atoms with Crippen LogP contribution in [0.25, 0.3) is 0 Å². The Kier molecular flexibility index (Phi) is 1.33. The van der Waals surface area contributed by atoms with E-state index in [2.05, 4.69) is 33.9 Å². The number of hydrogen-bond donors (Lipinski definition) is 2. The van der Waals surface area contributed by atoms with Gasteiger partial charge in [0.2, 0.25) is 0 Å². The van der Waals surface area contributed by atoms with Crippen LogP contribution in [0, 0.1) is 0 Å². The third-order valence-corrected chi connectivity index (χ3v) is 2.55. The zero-order valence-corrected chi connectivity index (χ0v) is 7.25. The largest absolute Gasteiger partial charge is 0.381 e. The van der Waals surface area contributed by atoms with E-state index in [1.54, 1.807) is 0 Å². The first-order chi connectivity index (χ1) is 6.45. The number of allylic oxidation sites excluding steroid dienone is 3. The second-order valence-electron chi connectivity index (χ2n) is 3.37. The Balaban J connectivity index is 2.07. The van der Waals surface area contributed by atoms with E-state index in [1.807, 2.05) is 6.21 Å². The Morgan fingerprint density at radius 2 is 2.23 bits per heavy atom. The predicted octanol–water partition coefficient (Wildman–Crippen LogP) is 0.340. The number of aliphatic imine (C=N–C) groups is 1. The van der Waals surface area contributed by atoms with E-state index in [0.717, 1.165) is 18.8 Å². The molecule has 3 heteroatoms. The molecule has 0 fully saturated rings. The van der Waals surface area contributed by atoms with Gasteiger partial charge in [-0.05, 0) is 0 Å². The fourth-order valence-electron chi connectivity index (χ4n) is 1.92. The summed E-state index contributed by atoms with van der Waals surface area (Å²) in [5, 5.41) is 6.74. The standard InChI is InChI=1S/C10H11N3/c1-2-7-8(3-1)13-6-9-10(7)12-5-4-11-9/h1-3,6,8,11-12H,4-5H2. The van der Waals surface area contributed by atoms with Gasteiger partial charge in [-0.3, -0.25) is 4.99 Å². The third kappa shape index (κ3) is 0.932. The molecule has 0 aromatic rings. The van der Waals surface area contributed by atoms with Crippen LogP contribution in [0.15, 0.2) is 40.2 Å². The van der Waals surface area contributed by atoms with Gasteiger partial charge < -0.3 is 10.6 Å². The van der Waals surface area contributed by atoms with Crippen LogP contribution < -0.4 is 10.6 Å². The number of hydrogen-bond acceptors (Lipinski definition) is 3. The zero-order valence-electron chi connectivity index (χ0n) is 7.25. The first-order valence-electron chi connectivity index (χ1n) is 4.59. The van der Waals surface area contributed by atoms with Gasteiger partial charge in [0.05, 0.1) is 17.4 Å². The smallest absolute Gasteiger partial charge is 0.0954 e. The summed E-state index contributed by atoms with van der Waals surface area (Å²) in [4.78, 5) is 4.44.